The van der Waals surface area contributed by atoms with E-state index in [2.05, 4.69) is 5.32 Å². The molecule has 0 radical (unpaired) electrons. The third-order valence-corrected chi connectivity index (χ3v) is 3.72. The number of esters is 1. The van der Waals surface area contributed by atoms with Crippen molar-refractivity contribution in [3.05, 3.63) is 0 Å². The smallest absolute Gasteiger partial charge is 0.323 e. The molecule has 0 aromatic rings. The van der Waals surface area contributed by atoms with E-state index in [1.54, 1.807) is 0 Å². The van der Waals surface area contributed by atoms with Crippen LogP contribution in [-0.4, -0.2) is 47.9 Å². The van der Waals surface area contributed by atoms with Gasteiger partial charge in [0.1, 0.15) is 6.04 Å². The van der Waals surface area contributed by atoms with Crippen LogP contribution < -0.4 is 5.32 Å². The molecule has 0 aliphatic carbocycles. The molecule has 0 aromatic carbocycles. The second kappa shape index (κ2) is 6.83. The van der Waals surface area contributed by atoms with Crippen LogP contribution in [0.4, 0.5) is 0 Å². The van der Waals surface area contributed by atoms with E-state index in [9.17, 15) is 14.4 Å². The quantitative estimate of drug-likeness (QED) is 0.574. The van der Waals surface area contributed by atoms with Crippen molar-refractivity contribution in [3.63, 3.8) is 0 Å². The summed E-state index contributed by atoms with van der Waals surface area (Å²) in [6.07, 6.45) is 0.818. The van der Waals surface area contributed by atoms with Gasteiger partial charge in [0.05, 0.1) is 19.6 Å². The highest BCUT2D eigenvalue weighted by atomic mass is 16.5. The van der Waals surface area contributed by atoms with Crippen molar-refractivity contribution in [1.82, 2.24) is 10.2 Å². The van der Waals surface area contributed by atoms with Crippen LogP contribution in [-0.2, 0) is 19.1 Å². The van der Waals surface area contributed by atoms with E-state index < -0.39 is 18.1 Å². The molecular weight excluding hydrogens is 260 g/mol. The Balaban J connectivity index is 2.81. The summed E-state index contributed by atoms with van der Waals surface area (Å²) in [5.41, 5.74) is 0. The molecule has 2 amide bonds. The molecule has 1 fully saturated rings. The molecule has 3 unspecified atom stereocenters. The molecule has 0 bridgehead atoms. The Morgan fingerprint density at radius 1 is 1.40 bits per heavy atom. The Kier molecular flexibility index (Phi) is 5.68. The van der Waals surface area contributed by atoms with Crippen molar-refractivity contribution in [2.45, 2.75) is 58.7 Å². The van der Waals surface area contributed by atoms with Crippen LogP contribution in [0.3, 0.4) is 0 Å². The monoisotopic (exact) mass is 284 g/mol. The van der Waals surface area contributed by atoms with Crippen LogP contribution in [0.15, 0.2) is 0 Å². The Bertz CT molecular complexity index is 395. The maximum atomic E-state index is 12.3. The summed E-state index contributed by atoms with van der Waals surface area (Å²) in [5, 5.41) is 2.97. The lowest BCUT2D eigenvalue weighted by atomic mass is 10.0. The number of imide groups is 1. The summed E-state index contributed by atoms with van der Waals surface area (Å²) < 4.78 is 4.73. The number of hydrogen-bond donors (Lipinski definition) is 1. The Labute approximate surface area is 119 Å². The highest BCUT2D eigenvalue weighted by molar-refractivity contribution is 6.06. The molecule has 1 aliphatic heterocycles. The van der Waals surface area contributed by atoms with Gasteiger partial charge in [-0.05, 0) is 19.3 Å². The summed E-state index contributed by atoms with van der Waals surface area (Å²) in [4.78, 5) is 37.2. The van der Waals surface area contributed by atoms with E-state index in [1.165, 1.54) is 12.0 Å². The number of nitrogens with zero attached hydrogens (tertiary/aromatic N) is 1. The average Bonchev–Trinajstić information content (AvgIpc) is 2.68. The lowest BCUT2D eigenvalue weighted by molar-refractivity contribution is -0.144. The summed E-state index contributed by atoms with van der Waals surface area (Å²) in [6.45, 7) is 7.50. The van der Waals surface area contributed by atoms with E-state index in [0.29, 0.717) is 0 Å². The minimum atomic E-state index is -0.636. The maximum absolute atomic E-state index is 12.3. The fourth-order valence-electron chi connectivity index (χ4n) is 2.30. The molecule has 6 heteroatoms. The molecule has 20 heavy (non-hydrogen) atoms. The standard InChI is InChI=1S/C14H24N2O4/c1-6-9(4)16-11(17)7-10(13(16)18)15-12(8(2)3)14(19)20-5/h8-10,12,15H,6-7H2,1-5H3. The molecule has 114 valence electrons. The lowest BCUT2D eigenvalue weighted by Crippen LogP contribution is -2.50. The molecule has 6 nitrogen and oxygen atoms in total. The fraction of sp³-hybridized carbons (Fsp3) is 0.786. The van der Waals surface area contributed by atoms with E-state index in [-0.39, 0.29) is 30.2 Å². The van der Waals surface area contributed by atoms with Crippen molar-refractivity contribution >= 4 is 17.8 Å². The number of hydrogen-bond acceptors (Lipinski definition) is 5. The Morgan fingerprint density at radius 3 is 2.45 bits per heavy atom. The maximum Gasteiger partial charge on any atom is 0.323 e. The number of rotatable bonds is 6. The van der Waals surface area contributed by atoms with Crippen LogP contribution >= 0.6 is 0 Å². The summed E-state index contributed by atoms with van der Waals surface area (Å²) >= 11 is 0. The first kappa shape index (κ1) is 16.6. The zero-order chi connectivity index (χ0) is 15.4. The Morgan fingerprint density at radius 2 is 2.00 bits per heavy atom. The third kappa shape index (κ3) is 3.36. The SMILES string of the molecule is CCC(C)N1C(=O)CC(NC(C(=O)OC)C(C)C)C1=O. The van der Waals surface area contributed by atoms with Gasteiger partial charge in [0.15, 0.2) is 0 Å². The van der Waals surface area contributed by atoms with E-state index in [4.69, 9.17) is 4.74 Å². The molecule has 1 heterocycles. The highest BCUT2D eigenvalue weighted by Crippen LogP contribution is 2.19. The molecule has 0 aromatic heterocycles. The number of methoxy groups -OCH3 is 1. The van der Waals surface area contributed by atoms with Crippen molar-refractivity contribution in [1.29, 1.82) is 0 Å². The molecule has 0 spiro atoms. The first-order valence-electron chi connectivity index (χ1n) is 7.03. The highest BCUT2D eigenvalue weighted by Gasteiger charge is 2.42. The molecule has 1 saturated heterocycles. The molecule has 1 N–H and O–H groups in total. The number of amides is 2. The van der Waals surface area contributed by atoms with Crippen molar-refractivity contribution in [2.24, 2.45) is 5.92 Å². The largest absolute Gasteiger partial charge is 0.468 e. The van der Waals surface area contributed by atoms with Crippen molar-refractivity contribution < 1.29 is 19.1 Å². The second-order valence-corrected chi connectivity index (χ2v) is 5.53. The van der Waals surface area contributed by atoms with Gasteiger partial charge in [-0.25, -0.2) is 0 Å². The number of carbonyl (C=O) groups excluding carboxylic acids is 3. The van der Waals surface area contributed by atoms with Crippen LogP contribution in [0.5, 0.6) is 0 Å². The van der Waals surface area contributed by atoms with Gasteiger partial charge in [-0.3, -0.25) is 24.6 Å². The van der Waals surface area contributed by atoms with Crippen LogP contribution in [0.1, 0.15) is 40.5 Å². The minimum Gasteiger partial charge on any atom is -0.468 e. The van der Waals surface area contributed by atoms with Gasteiger partial charge in [-0.2, -0.15) is 0 Å². The number of likely N-dealkylation sites (tertiary alicyclic amines) is 1. The third-order valence-electron chi connectivity index (χ3n) is 3.72. The zero-order valence-corrected chi connectivity index (χ0v) is 12.8. The first-order valence-corrected chi connectivity index (χ1v) is 7.03. The van der Waals surface area contributed by atoms with Gasteiger partial charge in [0.25, 0.3) is 0 Å². The van der Waals surface area contributed by atoms with Gasteiger partial charge in [0.2, 0.25) is 11.8 Å². The first-order chi connectivity index (χ1) is 9.33. The van der Waals surface area contributed by atoms with Gasteiger partial charge < -0.3 is 4.74 Å². The molecule has 3 atom stereocenters. The molecule has 1 rings (SSSR count). The Hall–Kier alpha value is -1.43. The summed E-state index contributed by atoms with van der Waals surface area (Å²) in [6, 6.07) is -1.33. The average molecular weight is 284 g/mol. The number of nitrogens with one attached hydrogen (secondary N) is 1. The van der Waals surface area contributed by atoms with Crippen LogP contribution in [0.25, 0.3) is 0 Å². The molecular formula is C14H24N2O4. The minimum absolute atomic E-state index is 0.0250. The second-order valence-electron chi connectivity index (χ2n) is 5.53. The predicted molar refractivity (Wildman–Crippen MR) is 73.8 cm³/mol. The number of carbonyl (C=O) groups is 3. The van der Waals surface area contributed by atoms with E-state index in [0.717, 1.165) is 6.42 Å². The predicted octanol–water partition coefficient (Wildman–Crippen LogP) is 0.700. The molecule has 1 aliphatic rings. The van der Waals surface area contributed by atoms with Gasteiger partial charge in [-0.15, -0.1) is 0 Å². The van der Waals surface area contributed by atoms with Gasteiger partial charge in [0, 0.05) is 6.04 Å². The van der Waals surface area contributed by atoms with Crippen LogP contribution in [0, 0.1) is 5.92 Å². The van der Waals surface area contributed by atoms with E-state index >= 15 is 0 Å². The van der Waals surface area contributed by atoms with Crippen LogP contribution in [0.2, 0.25) is 0 Å². The van der Waals surface area contributed by atoms with Gasteiger partial charge in [-0.1, -0.05) is 20.8 Å². The van der Waals surface area contributed by atoms with E-state index in [1.807, 2.05) is 27.7 Å². The molecule has 0 saturated carbocycles. The van der Waals surface area contributed by atoms with Crippen molar-refractivity contribution in [3.8, 4) is 0 Å². The van der Waals surface area contributed by atoms with Crippen molar-refractivity contribution in [2.75, 3.05) is 7.11 Å². The topological polar surface area (TPSA) is 75.7 Å². The summed E-state index contributed by atoms with van der Waals surface area (Å²) in [5.74, 6) is -0.877. The zero-order valence-electron chi connectivity index (χ0n) is 12.8. The summed E-state index contributed by atoms with van der Waals surface area (Å²) in [7, 11) is 1.31. The number of ether oxygens (including phenoxy) is 1. The normalized spacial score (nSPS) is 22.3. The van der Waals surface area contributed by atoms with Gasteiger partial charge >= 0.3 is 5.97 Å². The lowest BCUT2D eigenvalue weighted by Gasteiger charge is -2.24. The fourth-order valence-corrected chi connectivity index (χ4v) is 2.30.